The Morgan fingerprint density at radius 1 is 1.24 bits per heavy atom. The summed E-state index contributed by atoms with van der Waals surface area (Å²) in [4.78, 5) is 29.7. The lowest BCUT2D eigenvalue weighted by atomic mass is 10.2. The van der Waals surface area contributed by atoms with Crippen LogP contribution in [-0.2, 0) is 9.53 Å². The number of hydrogen-bond acceptors (Lipinski definition) is 5. The Hall–Kier alpha value is -2.54. The van der Waals surface area contributed by atoms with Crippen LogP contribution < -0.4 is 10.1 Å². The number of benzene rings is 1. The number of carbonyl (C=O) groups is 2. The summed E-state index contributed by atoms with van der Waals surface area (Å²) in [5, 5.41) is 3.62. The number of ether oxygens (including phenoxy) is 2. The van der Waals surface area contributed by atoms with E-state index < -0.39 is 5.97 Å². The minimum atomic E-state index is -0.523. The van der Waals surface area contributed by atoms with Crippen LogP contribution in [0, 0.1) is 0 Å². The summed E-state index contributed by atoms with van der Waals surface area (Å²) < 4.78 is 10.0. The monoisotopic (exact) mass is 345 g/mol. The minimum Gasteiger partial charge on any atom is -0.497 e. The van der Waals surface area contributed by atoms with Crippen LogP contribution in [-0.4, -0.2) is 55.6 Å². The highest BCUT2D eigenvalue weighted by Gasteiger charge is 2.21. The third-order valence-electron chi connectivity index (χ3n) is 4.51. The van der Waals surface area contributed by atoms with Gasteiger partial charge in [0.05, 0.1) is 25.4 Å². The van der Waals surface area contributed by atoms with Crippen molar-refractivity contribution in [2.45, 2.75) is 19.3 Å². The predicted octanol–water partition coefficient (Wildman–Crippen LogP) is 2.39. The number of carbonyl (C=O) groups excluding carboxylic acids is 2. The van der Waals surface area contributed by atoms with E-state index in [4.69, 9.17) is 9.47 Å². The third kappa shape index (κ3) is 3.76. The number of rotatable bonds is 6. The van der Waals surface area contributed by atoms with Crippen LogP contribution in [0.4, 0.5) is 5.69 Å². The van der Waals surface area contributed by atoms with Gasteiger partial charge < -0.3 is 24.7 Å². The quantitative estimate of drug-likeness (QED) is 0.786. The van der Waals surface area contributed by atoms with Gasteiger partial charge in [0.25, 0.3) is 0 Å². The molecule has 1 aromatic heterocycles. The van der Waals surface area contributed by atoms with Gasteiger partial charge in [-0.1, -0.05) is 0 Å². The van der Waals surface area contributed by atoms with E-state index in [9.17, 15) is 9.59 Å². The molecule has 1 aromatic carbocycles. The van der Waals surface area contributed by atoms with Gasteiger partial charge in [-0.2, -0.15) is 0 Å². The molecule has 0 bridgehead atoms. The van der Waals surface area contributed by atoms with E-state index in [1.807, 2.05) is 6.07 Å². The van der Waals surface area contributed by atoms with Crippen molar-refractivity contribution in [3.05, 3.63) is 23.9 Å². The Kier molecular flexibility index (Phi) is 5.23. The van der Waals surface area contributed by atoms with Crippen LogP contribution in [0.2, 0.25) is 0 Å². The zero-order valence-electron chi connectivity index (χ0n) is 14.6. The average Bonchev–Trinajstić information content (AvgIpc) is 3.27. The van der Waals surface area contributed by atoms with Gasteiger partial charge in [0, 0.05) is 24.4 Å². The molecule has 1 saturated heterocycles. The number of aromatic amines is 1. The maximum absolute atomic E-state index is 12.4. The van der Waals surface area contributed by atoms with Gasteiger partial charge in [-0.25, -0.2) is 4.79 Å². The summed E-state index contributed by atoms with van der Waals surface area (Å²) in [6.45, 7) is 2.83. The number of aromatic nitrogens is 1. The molecule has 1 aliphatic rings. The van der Waals surface area contributed by atoms with E-state index in [-0.39, 0.29) is 11.6 Å². The molecule has 25 heavy (non-hydrogen) atoms. The summed E-state index contributed by atoms with van der Waals surface area (Å²) in [5.74, 6) is 0.0239. The molecule has 1 fully saturated rings. The minimum absolute atomic E-state index is 0.117. The Bertz CT molecular complexity index is 778. The number of anilines is 1. The fourth-order valence-electron chi connectivity index (χ4n) is 3.16. The lowest BCUT2D eigenvalue weighted by molar-refractivity contribution is -0.116. The van der Waals surface area contributed by atoms with E-state index in [0.29, 0.717) is 23.4 Å². The number of hydrogen-bond donors (Lipinski definition) is 2. The Balaban J connectivity index is 1.82. The fourth-order valence-corrected chi connectivity index (χ4v) is 3.16. The number of esters is 1. The Morgan fingerprint density at radius 2 is 2.00 bits per heavy atom. The molecule has 2 aromatic rings. The van der Waals surface area contributed by atoms with Gasteiger partial charge in [-0.15, -0.1) is 0 Å². The molecule has 7 heteroatoms. The van der Waals surface area contributed by atoms with Crippen LogP contribution in [0.3, 0.4) is 0 Å². The standard InChI is InChI=1S/C18H23N3O4/c1-24-12-5-6-13-14(11-12)19-17(18(23)25-2)16(13)20-15(22)7-10-21-8-3-4-9-21/h5-6,11,19H,3-4,7-10H2,1-2H3,(H,20,22). The van der Waals surface area contributed by atoms with Crippen molar-refractivity contribution in [1.82, 2.24) is 9.88 Å². The largest absolute Gasteiger partial charge is 0.497 e. The molecule has 1 aliphatic heterocycles. The van der Waals surface area contributed by atoms with Crippen molar-refractivity contribution in [2.75, 3.05) is 39.2 Å². The molecule has 3 rings (SSSR count). The van der Waals surface area contributed by atoms with Crippen molar-refractivity contribution in [2.24, 2.45) is 0 Å². The van der Waals surface area contributed by atoms with Gasteiger partial charge in [-0.05, 0) is 38.1 Å². The average molecular weight is 345 g/mol. The Labute approximate surface area is 146 Å². The summed E-state index contributed by atoms with van der Waals surface area (Å²) in [5.41, 5.74) is 1.39. The van der Waals surface area contributed by atoms with Gasteiger partial charge in [0.15, 0.2) is 0 Å². The molecule has 0 radical (unpaired) electrons. The van der Waals surface area contributed by atoms with Gasteiger partial charge in [-0.3, -0.25) is 4.79 Å². The van der Waals surface area contributed by atoms with Crippen molar-refractivity contribution in [3.63, 3.8) is 0 Å². The molecular formula is C18H23N3O4. The summed E-state index contributed by atoms with van der Waals surface area (Å²) in [7, 11) is 2.89. The Morgan fingerprint density at radius 3 is 2.68 bits per heavy atom. The predicted molar refractivity (Wildman–Crippen MR) is 95.1 cm³/mol. The van der Waals surface area contributed by atoms with Gasteiger partial charge in [0.2, 0.25) is 5.91 Å². The molecule has 134 valence electrons. The smallest absolute Gasteiger partial charge is 0.356 e. The summed E-state index contributed by atoms with van der Waals surface area (Å²) in [6.07, 6.45) is 2.78. The van der Waals surface area contributed by atoms with Crippen molar-refractivity contribution >= 4 is 28.5 Å². The highest BCUT2D eigenvalue weighted by Crippen LogP contribution is 2.31. The number of nitrogens with one attached hydrogen (secondary N) is 2. The molecule has 0 atom stereocenters. The first-order valence-corrected chi connectivity index (χ1v) is 8.42. The SMILES string of the molecule is COC(=O)c1[nH]c2cc(OC)ccc2c1NC(=O)CCN1CCCC1. The molecule has 1 amide bonds. The number of fused-ring (bicyclic) bond motifs is 1. The number of amides is 1. The zero-order valence-corrected chi connectivity index (χ0v) is 14.6. The second-order valence-electron chi connectivity index (χ2n) is 6.13. The maximum atomic E-state index is 12.4. The van der Waals surface area contributed by atoms with Crippen LogP contribution in [0.5, 0.6) is 5.75 Å². The second-order valence-corrected chi connectivity index (χ2v) is 6.13. The van der Waals surface area contributed by atoms with Gasteiger partial charge >= 0.3 is 5.97 Å². The molecule has 0 spiro atoms. The lowest BCUT2D eigenvalue weighted by Gasteiger charge is -2.14. The highest BCUT2D eigenvalue weighted by atomic mass is 16.5. The first kappa shape index (κ1) is 17.3. The zero-order chi connectivity index (χ0) is 17.8. The summed E-state index contributed by atoms with van der Waals surface area (Å²) in [6, 6.07) is 5.38. The fraction of sp³-hybridized carbons (Fsp3) is 0.444. The molecular weight excluding hydrogens is 322 g/mol. The number of nitrogens with zero attached hydrogens (tertiary/aromatic N) is 1. The van der Waals surface area contributed by atoms with E-state index in [1.165, 1.54) is 20.0 Å². The molecule has 0 saturated carbocycles. The molecule has 0 aliphatic carbocycles. The normalized spacial score (nSPS) is 14.6. The lowest BCUT2D eigenvalue weighted by Crippen LogP contribution is -2.25. The molecule has 0 unspecified atom stereocenters. The highest BCUT2D eigenvalue weighted by molar-refractivity contribution is 6.11. The van der Waals surface area contributed by atoms with Crippen molar-refractivity contribution in [1.29, 1.82) is 0 Å². The number of methoxy groups -OCH3 is 2. The van der Waals surface area contributed by atoms with Crippen LogP contribution in [0.1, 0.15) is 29.8 Å². The first-order chi connectivity index (χ1) is 12.1. The van der Waals surface area contributed by atoms with Crippen LogP contribution in [0.25, 0.3) is 10.9 Å². The topological polar surface area (TPSA) is 83.7 Å². The van der Waals surface area contributed by atoms with Crippen molar-refractivity contribution in [3.8, 4) is 5.75 Å². The molecule has 2 heterocycles. The van der Waals surface area contributed by atoms with Crippen LogP contribution >= 0.6 is 0 Å². The van der Waals surface area contributed by atoms with Crippen molar-refractivity contribution < 1.29 is 19.1 Å². The van der Waals surface area contributed by atoms with E-state index in [2.05, 4.69) is 15.2 Å². The number of H-pyrrole nitrogens is 1. The van der Waals surface area contributed by atoms with Gasteiger partial charge in [0.1, 0.15) is 11.4 Å². The third-order valence-corrected chi connectivity index (χ3v) is 4.51. The van der Waals surface area contributed by atoms with Crippen LogP contribution in [0.15, 0.2) is 18.2 Å². The van der Waals surface area contributed by atoms with E-state index in [0.717, 1.165) is 25.0 Å². The van der Waals surface area contributed by atoms with E-state index in [1.54, 1.807) is 19.2 Å². The molecule has 7 nitrogen and oxygen atoms in total. The first-order valence-electron chi connectivity index (χ1n) is 8.42. The number of likely N-dealkylation sites (tertiary alicyclic amines) is 1. The maximum Gasteiger partial charge on any atom is 0.356 e. The van der Waals surface area contributed by atoms with E-state index >= 15 is 0 Å². The molecule has 2 N–H and O–H groups in total. The summed E-state index contributed by atoms with van der Waals surface area (Å²) >= 11 is 0. The second kappa shape index (κ2) is 7.57.